The smallest absolute Gasteiger partial charge is 0.397 e. The fraction of sp³-hybridized carbons (Fsp3) is 0.286. The van der Waals surface area contributed by atoms with Gasteiger partial charge in [-0.05, 0) is 12.1 Å². The van der Waals surface area contributed by atoms with E-state index in [1.165, 1.54) is 18.3 Å². The van der Waals surface area contributed by atoms with E-state index in [2.05, 4.69) is 10.3 Å². The van der Waals surface area contributed by atoms with E-state index in [1.807, 2.05) is 0 Å². The third-order valence-corrected chi connectivity index (χ3v) is 1.26. The summed E-state index contributed by atoms with van der Waals surface area (Å²) < 4.78 is 35.1. The van der Waals surface area contributed by atoms with Crippen molar-refractivity contribution in [3.63, 3.8) is 0 Å². The highest BCUT2D eigenvalue weighted by molar-refractivity contribution is 5.43. The SMILES string of the molecule is Nc1ccc(NCC(F)(F)F)nc1. The van der Waals surface area contributed by atoms with E-state index in [4.69, 9.17) is 5.73 Å². The van der Waals surface area contributed by atoms with Crippen LogP contribution in [-0.2, 0) is 0 Å². The lowest BCUT2D eigenvalue weighted by Crippen LogP contribution is -2.21. The maximum atomic E-state index is 11.7. The van der Waals surface area contributed by atoms with Gasteiger partial charge in [-0.2, -0.15) is 13.2 Å². The van der Waals surface area contributed by atoms with Crippen molar-refractivity contribution in [1.29, 1.82) is 0 Å². The van der Waals surface area contributed by atoms with Crippen molar-refractivity contribution >= 4 is 11.5 Å². The number of pyridine rings is 1. The van der Waals surface area contributed by atoms with Crippen molar-refractivity contribution < 1.29 is 13.2 Å². The van der Waals surface area contributed by atoms with E-state index in [0.717, 1.165) is 0 Å². The molecule has 0 aromatic carbocycles. The first-order valence-electron chi connectivity index (χ1n) is 3.49. The van der Waals surface area contributed by atoms with Gasteiger partial charge in [-0.1, -0.05) is 0 Å². The lowest BCUT2D eigenvalue weighted by Gasteiger charge is -2.08. The summed E-state index contributed by atoms with van der Waals surface area (Å²) in [6.07, 6.45) is -2.94. The van der Waals surface area contributed by atoms with Gasteiger partial charge in [0.1, 0.15) is 12.4 Å². The number of halogens is 3. The summed E-state index contributed by atoms with van der Waals surface area (Å²) in [6, 6.07) is 2.87. The average Bonchev–Trinajstić information content (AvgIpc) is 2.02. The molecule has 6 heteroatoms. The molecule has 72 valence electrons. The zero-order valence-electron chi connectivity index (χ0n) is 6.60. The predicted molar refractivity (Wildman–Crippen MR) is 43.2 cm³/mol. The predicted octanol–water partition coefficient (Wildman–Crippen LogP) is 1.64. The molecule has 0 unspecified atom stereocenters. The molecule has 0 bridgehead atoms. The summed E-state index contributed by atoms with van der Waals surface area (Å²) in [4.78, 5) is 3.65. The van der Waals surface area contributed by atoms with Gasteiger partial charge >= 0.3 is 6.18 Å². The van der Waals surface area contributed by atoms with E-state index >= 15 is 0 Å². The van der Waals surface area contributed by atoms with Gasteiger partial charge in [-0.25, -0.2) is 4.98 Å². The molecule has 0 aliphatic rings. The van der Waals surface area contributed by atoms with Crippen LogP contribution in [0.1, 0.15) is 0 Å². The highest BCUT2D eigenvalue weighted by Gasteiger charge is 2.26. The van der Waals surface area contributed by atoms with Crippen LogP contribution in [0.25, 0.3) is 0 Å². The first-order valence-corrected chi connectivity index (χ1v) is 3.49. The van der Waals surface area contributed by atoms with Crippen LogP contribution in [0, 0.1) is 0 Å². The number of alkyl halides is 3. The molecule has 13 heavy (non-hydrogen) atoms. The van der Waals surface area contributed by atoms with Crippen LogP contribution in [0.3, 0.4) is 0 Å². The summed E-state index contributed by atoms with van der Waals surface area (Å²) in [6.45, 7) is -1.09. The zero-order chi connectivity index (χ0) is 9.90. The fourth-order valence-electron chi connectivity index (χ4n) is 0.701. The minimum atomic E-state index is -4.23. The highest BCUT2D eigenvalue weighted by Crippen LogP contribution is 2.15. The minimum absolute atomic E-state index is 0.159. The molecule has 0 saturated carbocycles. The largest absolute Gasteiger partial charge is 0.405 e. The van der Waals surface area contributed by atoms with Crippen molar-refractivity contribution in [2.24, 2.45) is 0 Å². The van der Waals surface area contributed by atoms with Crippen molar-refractivity contribution in [3.05, 3.63) is 18.3 Å². The first-order chi connectivity index (χ1) is 5.97. The third-order valence-electron chi connectivity index (χ3n) is 1.26. The molecule has 1 heterocycles. The van der Waals surface area contributed by atoms with Crippen molar-refractivity contribution in [3.8, 4) is 0 Å². The van der Waals surface area contributed by atoms with Crippen molar-refractivity contribution in [2.75, 3.05) is 17.6 Å². The van der Waals surface area contributed by atoms with Gasteiger partial charge in [0.2, 0.25) is 0 Å². The quantitative estimate of drug-likeness (QED) is 0.747. The van der Waals surface area contributed by atoms with Gasteiger partial charge in [0.25, 0.3) is 0 Å². The fourth-order valence-corrected chi connectivity index (χ4v) is 0.701. The standard InChI is InChI=1S/C7H8F3N3/c8-7(9,10)4-13-6-2-1-5(11)3-12-6/h1-3H,4,11H2,(H,12,13). The number of nitrogen functional groups attached to an aromatic ring is 1. The Morgan fingerprint density at radius 2 is 2.08 bits per heavy atom. The summed E-state index contributed by atoms with van der Waals surface area (Å²) in [5, 5.41) is 2.12. The molecule has 0 radical (unpaired) electrons. The van der Waals surface area contributed by atoms with Gasteiger partial charge in [0.15, 0.2) is 0 Å². The molecule has 0 spiro atoms. The second-order valence-corrected chi connectivity index (χ2v) is 2.45. The van der Waals surface area contributed by atoms with Crippen LogP contribution in [-0.4, -0.2) is 17.7 Å². The molecular weight excluding hydrogens is 183 g/mol. The molecule has 3 N–H and O–H groups in total. The Bertz CT molecular complexity index is 267. The lowest BCUT2D eigenvalue weighted by atomic mass is 10.4. The Labute approximate surface area is 72.8 Å². The number of nitrogens with two attached hydrogens (primary N) is 1. The van der Waals surface area contributed by atoms with E-state index in [1.54, 1.807) is 0 Å². The first kappa shape index (κ1) is 9.63. The minimum Gasteiger partial charge on any atom is -0.397 e. The molecule has 0 amide bonds. The Morgan fingerprint density at radius 3 is 2.54 bits per heavy atom. The second-order valence-electron chi connectivity index (χ2n) is 2.45. The molecule has 1 aromatic heterocycles. The van der Waals surface area contributed by atoms with Gasteiger partial charge in [-0.3, -0.25) is 0 Å². The molecule has 1 rings (SSSR count). The number of nitrogens with zero attached hydrogens (tertiary/aromatic N) is 1. The molecule has 0 aliphatic carbocycles. The number of hydrogen-bond acceptors (Lipinski definition) is 3. The van der Waals surface area contributed by atoms with Gasteiger partial charge in [0, 0.05) is 0 Å². The van der Waals surface area contributed by atoms with E-state index in [9.17, 15) is 13.2 Å². The normalized spacial score (nSPS) is 11.3. The average molecular weight is 191 g/mol. The van der Waals surface area contributed by atoms with Gasteiger partial charge in [-0.15, -0.1) is 0 Å². The van der Waals surface area contributed by atoms with Crippen molar-refractivity contribution in [1.82, 2.24) is 4.98 Å². The Hall–Kier alpha value is -1.46. The Kier molecular flexibility index (Phi) is 2.60. The molecule has 0 atom stereocenters. The van der Waals surface area contributed by atoms with Crippen LogP contribution in [0.2, 0.25) is 0 Å². The molecule has 3 nitrogen and oxygen atoms in total. The maximum absolute atomic E-state index is 11.7. The Balaban J connectivity index is 2.51. The van der Waals surface area contributed by atoms with Crippen LogP contribution in [0.15, 0.2) is 18.3 Å². The summed E-state index contributed by atoms with van der Waals surface area (Å²) in [5.74, 6) is 0.159. The zero-order valence-corrected chi connectivity index (χ0v) is 6.60. The molecular formula is C7H8F3N3. The lowest BCUT2D eigenvalue weighted by molar-refractivity contribution is -0.115. The summed E-state index contributed by atoms with van der Waals surface area (Å²) in [5.41, 5.74) is 5.71. The van der Waals surface area contributed by atoms with Crippen molar-refractivity contribution in [2.45, 2.75) is 6.18 Å². The maximum Gasteiger partial charge on any atom is 0.405 e. The van der Waals surface area contributed by atoms with Crippen LogP contribution >= 0.6 is 0 Å². The Morgan fingerprint density at radius 1 is 1.38 bits per heavy atom. The number of aromatic nitrogens is 1. The number of nitrogens with one attached hydrogen (secondary N) is 1. The van der Waals surface area contributed by atoms with Gasteiger partial charge in [0.05, 0.1) is 11.9 Å². The molecule has 0 aliphatic heterocycles. The van der Waals surface area contributed by atoms with E-state index < -0.39 is 12.7 Å². The second kappa shape index (κ2) is 3.51. The van der Waals surface area contributed by atoms with Crippen LogP contribution in [0.4, 0.5) is 24.7 Å². The summed E-state index contributed by atoms with van der Waals surface area (Å²) >= 11 is 0. The summed E-state index contributed by atoms with van der Waals surface area (Å²) in [7, 11) is 0. The van der Waals surface area contributed by atoms with Crippen LogP contribution in [0.5, 0.6) is 0 Å². The van der Waals surface area contributed by atoms with Crippen LogP contribution < -0.4 is 11.1 Å². The molecule has 1 aromatic rings. The highest BCUT2D eigenvalue weighted by atomic mass is 19.4. The monoisotopic (exact) mass is 191 g/mol. The third kappa shape index (κ3) is 3.64. The molecule has 0 saturated heterocycles. The topological polar surface area (TPSA) is 50.9 Å². The number of rotatable bonds is 2. The van der Waals surface area contributed by atoms with E-state index in [0.29, 0.717) is 5.69 Å². The van der Waals surface area contributed by atoms with E-state index in [-0.39, 0.29) is 5.82 Å². The van der Waals surface area contributed by atoms with Gasteiger partial charge < -0.3 is 11.1 Å². The number of anilines is 2. The number of hydrogen-bond donors (Lipinski definition) is 2. The molecule has 0 fully saturated rings.